The first kappa shape index (κ1) is 15.1. The molecule has 0 heterocycles. The number of ketones is 1. The van der Waals surface area contributed by atoms with Crippen LogP contribution in [0.15, 0.2) is 29.3 Å². The van der Waals surface area contributed by atoms with Crippen LogP contribution in [0.2, 0.25) is 0 Å². The first-order chi connectivity index (χ1) is 9.11. The molecule has 6 N–H and O–H groups in total. The summed E-state index contributed by atoms with van der Waals surface area (Å²) in [7, 11) is 1.91. The SMILES string of the molecule is CNCc1ccc(CNCC(=O)CN=C(N)N)cc1. The quantitative estimate of drug-likeness (QED) is 0.368. The van der Waals surface area contributed by atoms with Crippen LogP contribution in [0.1, 0.15) is 11.1 Å². The van der Waals surface area contributed by atoms with Crippen LogP contribution in [-0.4, -0.2) is 31.9 Å². The lowest BCUT2D eigenvalue weighted by Crippen LogP contribution is -2.27. The smallest absolute Gasteiger partial charge is 0.186 e. The van der Waals surface area contributed by atoms with Crippen LogP contribution in [0.4, 0.5) is 0 Å². The molecule has 0 aliphatic rings. The van der Waals surface area contributed by atoms with Gasteiger partial charge in [-0.2, -0.15) is 0 Å². The van der Waals surface area contributed by atoms with E-state index in [1.165, 1.54) is 5.56 Å². The standard InChI is InChI=1S/C13H21N5O/c1-16-6-10-2-4-11(5-3-10)7-17-8-12(19)9-18-13(14)15/h2-5,16-17H,6-9H2,1H3,(H4,14,15,18). The van der Waals surface area contributed by atoms with Crippen molar-refractivity contribution >= 4 is 11.7 Å². The number of benzene rings is 1. The van der Waals surface area contributed by atoms with Gasteiger partial charge in [-0.3, -0.25) is 4.79 Å². The molecule has 0 radical (unpaired) electrons. The molecule has 0 aromatic heterocycles. The molecule has 19 heavy (non-hydrogen) atoms. The summed E-state index contributed by atoms with van der Waals surface area (Å²) in [6, 6.07) is 8.21. The highest BCUT2D eigenvalue weighted by atomic mass is 16.1. The lowest BCUT2D eigenvalue weighted by Gasteiger charge is -2.05. The van der Waals surface area contributed by atoms with Gasteiger partial charge in [0.1, 0.15) is 6.54 Å². The second-order valence-electron chi connectivity index (χ2n) is 4.23. The van der Waals surface area contributed by atoms with Gasteiger partial charge in [-0.15, -0.1) is 0 Å². The lowest BCUT2D eigenvalue weighted by molar-refractivity contribution is -0.116. The number of guanidine groups is 1. The van der Waals surface area contributed by atoms with Crippen LogP contribution in [0.3, 0.4) is 0 Å². The average Bonchev–Trinajstić information content (AvgIpc) is 2.39. The molecule has 0 spiro atoms. The van der Waals surface area contributed by atoms with Crippen LogP contribution in [0.5, 0.6) is 0 Å². The number of nitrogens with zero attached hydrogens (tertiary/aromatic N) is 1. The predicted octanol–water partition coefficient (Wildman–Crippen LogP) is -0.662. The summed E-state index contributed by atoms with van der Waals surface area (Å²) in [4.78, 5) is 15.0. The summed E-state index contributed by atoms with van der Waals surface area (Å²) in [5.74, 6) is -0.103. The molecule has 0 aliphatic carbocycles. The molecule has 0 bridgehead atoms. The lowest BCUT2D eigenvalue weighted by atomic mass is 10.1. The summed E-state index contributed by atoms with van der Waals surface area (Å²) < 4.78 is 0. The summed E-state index contributed by atoms with van der Waals surface area (Å²) in [6.07, 6.45) is 0. The Morgan fingerprint density at radius 1 is 1.16 bits per heavy atom. The Kier molecular flexibility index (Phi) is 6.56. The van der Waals surface area contributed by atoms with Gasteiger partial charge in [0, 0.05) is 13.1 Å². The molecule has 1 rings (SSSR count). The number of rotatable bonds is 8. The molecule has 6 heteroatoms. The highest BCUT2D eigenvalue weighted by Crippen LogP contribution is 2.03. The van der Waals surface area contributed by atoms with Crippen molar-refractivity contribution in [3.8, 4) is 0 Å². The number of carbonyl (C=O) groups is 1. The van der Waals surface area contributed by atoms with Gasteiger partial charge in [-0.25, -0.2) is 4.99 Å². The zero-order valence-corrected chi connectivity index (χ0v) is 11.1. The molecule has 1 aromatic rings. The molecule has 6 nitrogen and oxygen atoms in total. The van der Waals surface area contributed by atoms with Crippen molar-refractivity contribution in [2.24, 2.45) is 16.5 Å². The predicted molar refractivity (Wildman–Crippen MR) is 76.6 cm³/mol. The van der Waals surface area contributed by atoms with E-state index >= 15 is 0 Å². The molecular weight excluding hydrogens is 242 g/mol. The summed E-state index contributed by atoms with van der Waals surface area (Å²) in [5, 5.41) is 6.15. The molecule has 104 valence electrons. The van der Waals surface area contributed by atoms with Crippen molar-refractivity contribution in [1.82, 2.24) is 10.6 Å². The molecule has 0 saturated heterocycles. The third-order valence-corrected chi connectivity index (χ3v) is 2.49. The maximum Gasteiger partial charge on any atom is 0.186 e. The molecule has 0 unspecified atom stereocenters. The molecular formula is C13H21N5O. The Morgan fingerprint density at radius 2 is 1.74 bits per heavy atom. The van der Waals surface area contributed by atoms with E-state index in [9.17, 15) is 4.79 Å². The zero-order valence-electron chi connectivity index (χ0n) is 11.1. The number of nitrogens with one attached hydrogen (secondary N) is 2. The normalized spacial score (nSPS) is 10.2. The second kappa shape index (κ2) is 8.23. The number of carbonyl (C=O) groups excluding carboxylic acids is 1. The first-order valence-corrected chi connectivity index (χ1v) is 6.12. The Balaban J connectivity index is 2.29. The maximum absolute atomic E-state index is 11.4. The van der Waals surface area contributed by atoms with E-state index in [0.29, 0.717) is 6.54 Å². The number of nitrogens with two attached hydrogens (primary N) is 2. The van der Waals surface area contributed by atoms with E-state index < -0.39 is 0 Å². The fourth-order valence-corrected chi connectivity index (χ4v) is 1.56. The molecule has 0 atom stereocenters. The highest BCUT2D eigenvalue weighted by molar-refractivity contribution is 5.85. The molecule has 1 aromatic carbocycles. The van der Waals surface area contributed by atoms with Crippen molar-refractivity contribution in [3.63, 3.8) is 0 Å². The van der Waals surface area contributed by atoms with E-state index in [4.69, 9.17) is 11.5 Å². The summed E-state index contributed by atoms with van der Waals surface area (Å²) in [5.41, 5.74) is 12.7. The van der Waals surface area contributed by atoms with Gasteiger partial charge >= 0.3 is 0 Å². The minimum Gasteiger partial charge on any atom is -0.370 e. The van der Waals surface area contributed by atoms with E-state index in [1.54, 1.807) is 0 Å². The van der Waals surface area contributed by atoms with E-state index in [-0.39, 0.29) is 24.8 Å². The summed E-state index contributed by atoms with van der Waals surface area (Å²) in [6.45, 7) is 1.78. The number of aliphatic imine (C=N–C) groups is 1. The van der Waals surface area contributed by atoms with Crippen molar-refractivity contribution < 1.29 is 4.79 Å². The third-order valence-electron chi connectivity index (χ3n) is 2.49. The minimum absolute atomic E-state index is 0.0242. The van der Waals surface area contributed by atoms with Crippen molar-refractivity contribution in [1.29, 1.82) is 0 Å². The van der Waals surface area contributed by atoms with E-state index in [1.807, 2.05) is 19.2 Å². The second-order valence-corrected chi connectivity index (χ2v) is 4.23. The van der Waals surface area contributed by atoms with Gasteiger partial charge in [-0.05, 0) is 18.2 Å². The van der Waals surface area contributed by atoms with Crippen LogP contribution >= 0.6 is 0 Å². The maximum atomic E-state index is 11.4. The van der Waals surface area contributed by atoms with Gasteiger partial charge in [0.2, 0.25) is 0 Å². The highest BCUT2D eigenvalue weighted by Gasteiger charge is 2.00. The van der Waals surface area contributed by atoms with Gasteiger partial charge in [0.15, 0.2) is 11.7 Å². The Labute approximate surface area is 113 Å². The van der Waals surface area contributed by atoms with Crippen molar-refractivity contribution in [2.45, 2.75) is 13.1 Å². The number of hydrogen-bond acceptors (Lipinski definition) is 4. The monoisotopic (exact) mass is 263 g/mol. The van der Waals surface area contributed by atoms with Crippen molar-refractivity contribution in [3.05, 3.63) is 35.4 Å². The van der Waals surface area contributed by atoms with Crippen LogP contribution in [-0.2, 0) is 17.9 Å². The molecule has 0 saturated carbocycles. The van der Waals surface area contributed by atoms with Gasteiger partial charge in [0.25, 0.3) is 0 Å². The largest absolute Gasteiger partial charge is 0.370 e. The Hall–Kier alpha value is -1.92. The number of hydrogen-bond donors (Lipinski definition) is 4. The third kappa shape index (κ3) is 6.54. The van der Waals surface area contributed by atoms with E-state index in [0.717, 1.165) is 12.1 Å². The fraction of sp³-hybridized carbons (Fsp3) is 0.385. The Morgan fingerprint density at radius 3 is 2.26 bits per heavy atom. The summed E-state index contributed by atoms with van der Waals surface area (Å²) >= 11 is 0. The van der Waals surface area contributed by atoms with Crippen LogP contribution in [0, 0.1) is 0 Å². The molecule has 0 fully saturated rings. The van der Waals surface area contributed by atoms with Crippen LogP contribution < -0.4 is 22.1 Å². The minimum atomic E-state index is -0.0616. The number of Topliss-reactive ketones (excluding diaryl/α,β-unsaturated/α-hetero) is 1. The van der Waals surface area contributed by atoms with Crippen LogP contribution in [0.25, 0.3) is 0 Å². The van der Waals surface area contributed by atoms with E-state index in [2.05, 4.69) is 27.8 Å². The van der Waals surface area contributed by atoms with Gasteiger partial charge in [0.05, 0.1) is 6.54 Å². The molecule has 0 amide bonds. The molecule has 0 aliphatic heterocycles. The van der Waals surface area contributed by atoms with Gasteiger partial charge in [-0.1, -0.05) is 24.3 Å². The first-order valence-electron chi connectivity index (χ1n) is 6.12. The zero-order chi connectivity index (χ0) is 14.1. The fourth-order valence-electron chi connectivity index (χ4n) is 1.56. The topological polar surface area (TPSA) is 106 Å². The van der Waals surface area contributed by atoms with Gasteiger partial charge < -0.3 is 22.1 Å². The van der Waals surface area contributed by atoms with Crippen molar-refractivity contribution in [2.75, 3.05) is 20.1 Å². The average molecular weight is 263 g/mol. The Bertz CT molecular complexity index is 423.